The van der Waals surface area contributed by atoms with Crippen LogP contribution in [0, 0.1) is 5.41 Å². The normalized spacial score (nSPS) is 9.81. The molecule has 0 aromatic rings. The van der Waals surface area contributed by atoms with Gasteiger partial charge in [0.15, 0.2) is 0 Å². The summed E-state index contributed by atoms with van der Waals surface area (Å²) >= 11 is 0. The van der Waals surface area contributed by atoms with Crippen molar-refractivity contribution in [2.75, 3.05) is 6.61 Å². The molecular weight excluding hydrogens is 283 g/mol. The van der Waals surface area contributed by atoms with E-state index >= 15 is 0 Å². The van der Waals surface area contributed by atoms with Gasteiger partial charge in [-0.1, -0.05) is 40.5 Å². The molecule has 0 bridgehead atoms. The maximum atomic E-state index is 10.6. The van der Waals surface area contributed by atoms with E-state index in [1.807, 2.05) is 27.7 Å². The van der Waals surface area contributed by atoms with Crippen LogP contribution in [0.2, 0.25) is 0 Å². The largest absolute Gasteiger partial charge is 2.00 e. The van der Waals surface area contributed by atoms with E-state index in [0.29, 0.717) is 19.3 Å². The van der Waals surface area contributed by atoms with E-state index in [2.05, 4.69) is 0 Å². The third-order valence-corrected chi connectivity index (χ3v) is 2.96. The van der Waals surface area contributed by atoms with Crippen molar-refractivity contribution < 1.29 is 41.2 Å². The minimum atomic E-state index is -0.903. The second-order valence-electron chi connectivity index (χ2n) is 3.69. The summed E-state index contributed by atoms with van der Waals surface area (Å²) in [6, 6.07) is 0. The molecule has 16 heavy (non-hydrogen) atoms. The van der Waals surface area contributed by atoms with E-state index in [1.54, 1.807) is 0 Å². The number of carbonyl (C=O) groups is 1. The van der Waals surface area contributed by atoms with Crippen molar-refractivity contribution in [1.29, 1.82) is 0 Å². The van der Waals surface area contributed by atoms with Crippen LogP contribution in [-0.4, -0.2) is 12.6 Å². The molecule has 4 heteroatoms. The number of unbranched alkanes of at least 4 members (excludes halogenated alkanes) is 1. The first-order valence-corrected chi connectivity index (χ1v) is 5.84. The Morgan fingerprint density at radius 1 is 1.06 bits per heavy atom. The topological polar surface area (TPSA) is 63.2 Å². The van der Waals surface area contributed by atoms with Gasteiger partial charge in [-0.3, -0.25) is 0 Å². The van der Waals surface area contributed by atoms with Crippen LogP contribution in [0.15, 0.2) is 0 Å². The number of carboxylic acid groups (broad SMARTS) is 1. The summed E-state index contributed by atoms with van der Waals surface area (Å²) in [4.78, 5) is 10.6. The number of aliphatic carboxylic acids is 1. The third-order valence-electron chi connectivity index (χ3n) is 2.96. The first kappa shape index (κ1) is 21.6. The van der Waals surface area contributed by atoms with Crippen molar-refractivity contribution >= 4 is 5.97 Å². The first-order chi connectivity index (χ1) is 7.04. The zero-order valence-electron chi connectivity index (χ0n) is 11.0. The molecule has 0 aliphatic carbocycles. The number of carbonyl (C=O) groups excluding carboxylic acids is 1. The van der Waals surface area contributed by atoms with Gasteiger partial charge in [0.25, 0.3) is 0 Å². The molecule has 0 heterocycles. The second-order valence-corrected chi connectivity index (χ2v) is 3.69. The fraction of sp³-hybridized carbons (Fsp3) is 0.917. The van der Waals surface area contributed by atoms with Gasteiger partial charge in [0.2, 0.25) is 0 Å². The van der Waals surface area contributed by atoms with Crippen LogP contribution in [0.5, 0.6) is 0 Å². The van der Waals surface area contributed by atoms with Crippen molar-refractivity contribution in [2.45, 2.75) is 59.8 Å². The van der Waals surface area contributed by atoms with Crippen molar-refractivity contribution in [2.24, 2.45) is 5.41 Å². The third kappa shape index (κ3) is 8.46. The molecule has 0 fully saturated rings. The molecule has 0 saturated carbocycles. The average Bonchev–Trinajstić information content (AvgIpc) is 2.23. The van der Waals surface area contributed by atoms with Gasteiger partial charge in [-0.05, 0) is 19.3 Å². The van der Waals surface area contributed by atoms with Gasteiger partial charge >= 0.3 is 26.2 Å². The Bertz CT molecular complexity index is 146. The zero-order valence-corrected chi connectivity index (χ0v) is 13.4. The Labute approximate surface area is 119 Å². The van der Waals surface area contributed by atoms with E-state index in [0.717, 1.165) is 12.8 Å². The monoisotopic (exact) mass is 306 g/mol. The van der Waals surface area contributed by atoms with Crippen LogP contribution in [0.4, 0.5) is 0 Å². The Morgan fingerprint density at radius 3 is 1.44 bits per heavy atom. The van der Waals surface area contributed by atoms with E-state index in [9.17, 15) is 15.0 Å². The zero-order chi connectivity index (χ0) is 12.3. The smallest absolute Gasteiger partial charge is 0.854 e. The molecule has 0 aromatic carbocycles. The summed E-state index contributed by atoms with van der Waals surface area (Å²) in [7, 11) is 0. The molecular formula is C12H24O3Zr. The Kier molecular flexibility index (Phi) is 18.0. The predicted octanol–water partition coefficient (Wildman–Crippen LogP) is 1.10. The van der Waals surface area contributed by atoms with Gasteiger partial charge in [-0.2, -0.15) is 0 Å². The summed E-state index contributed by atoms with van der Waals surface area (Å²) in [6.45, 7) is 7.78. The molecule has 0 unspecified atom stereocenters. The van der Waals surface area contributed by atoms with E-state index in [4.69, 9.17) is 0 Å². The summed E-state index contributed by atoms with van der Waals surface area (Å²) in [6.07, 6.45) is 3.87. The standard InChI is InChI=1S/C8H16O2.C4H9O.Zr/c1-4-8(5-2,6-3)7(9)10;1-2-3-4-5;/h4-6H2,1-3H3,(H,9,10);2-4H2,1H3;/q;-1;+2/p-1. The molecule has 0 rings (SSSR count). The van der Waals surface area contributed by atoms with Crippen LogP contribution >= 0.6 is 0 Å². The Morgan fingerprint density at radius 2 is 1.44 bits per heavy atom. The second kappa shape index (κ2) is 13.4. The summed E-state index contributed by atoms with van der Waals surface area (Å²) < 4.78 is 0. The van der Waals surface area contributed by atoms with Crippen LogP contribution in [0.25, 0.3) is 0 Å². The minimum absolute atomic E-state index is 0. The fourth-order valence-corrected chi connectivity index (χ4v) is 1.33. The summed E-state index contributed by atoms with van der Waals surface area (Å²) in [5.74, 6) is -0.903. The van der Waals surface area contributed by atoms with Crippen LogP contribution in [0.3, 0.4) is 0 Å². The maximum Gasteiger partial charge on any atom is 2.00 e. The average molecular weight is 308 g/mol. The SMILES string of the molecule is CCC(CC)(CC)C(=O)[O-].CCCC[O-].[Zr+2]. The van der Waals surface area contributed by atoms with Gasteiger partial charge in [0.1, 0.15) is 0 Å². The van der Waals surface area contributed by atoms with Gasteiger partial charge in [0, 0.05) is 11.4 Å². The summed E-state index contributed by atoms with van der Waals surface area (Å²) in [5.41, 5.74) is -0.569. The molecule has 94 valence electrons. The first-order valence-electron chi connectivity index (χ1n) is 5.84. The maximum absolute atomic E-state index is 10.6. The molecule has 0 radical (unpaired) electrons. The van der Waals surface area contributed by atoms with Gasteiger partial charge in [-0.15, -0.1) is 6.61 Å². The van der Waals surface area contributed by atoms with Gasteiger partial charge in [0.05, 0.1) is 0 Å². The molecule has 0 saturated heterocycles. The minimum Gasteiger partial charge on any atom is -0.854 e. The van der Waals surface area contributed by atoms with Crippen molar-refractivity contribution in [3.05, 3.63) is 0 Å². The predicted molar refractivity (Wildman–Crippen MR) is 58.1 cm³/mol. The van der Waals surface area contributed by atoms with Crippen LogP contribution < -0.4 is 10.2 Å². The van der Waals surface area contributed by atoms with Crippen molar-refractivity contribution in [3.8, 4) is 0 Å². The van der Waals surface area contributed by atoms with Gasteiger partial charge < -0.3 is 15.0 Å². The number of hydrogen-bond donors (Lipinski definition) is 0. The van der Waals surface area contributed by atoms with E-state index in [1.165, 1.54) is 0 Å². The van der Waals surface area contributed by atoms with E-state index in [-0.39, 0.29) is 32.8 Å². The van der Waals surface area contributed by atoms with Crippen LogP contribution in [0.1, 0.15) is 59.8 Å². The van der Waals surface area contributed by atoms with E-state index < -0.39 is 11.4 Å². The van der Waals surface area contributed by atoms with Gasteiger partial charge in [-0.25, -0.2) is 0 Å². The molecule has 0 aliphatic heterocycles. The fourth-order valence-electron chi connectivity index (χ4n) is 1.33. The molecule has 0 N–H and O–H groups in total. The number of hydrogen-bond acceptors (Lipinski definition) is 3. The molecule has 0 aliphatic rings. The van der Waals surface area contributed by atoms with Crippen molar-refractivity contribution in [3.63, 3.8) is 0 Å². The molecule has 0 atom stereocenters. The number of carboxylic acids is 1. The molecule has 0 spiro atoms. The molecule has 0 amide bonds. The van der Waals surface area contributed by atoms with Crippen LogP contribution in [-0.2, 0) is 31.0 Å². The molecule has 3 nitrogen and oxygen atoms in total. The molecule has 0 aromatic heterocycles. The quantitative estimate of drug-likeness (QED) is 0.738. The summed E-state index contributed by atoms with van der Waals surface area (Å²) in [5, 5.41) is 20.1. The van der Waals surface area contributed by atoms with Crippen molar-refractivity contribution in [1.82, 2.24) is 0 Å². The Hall–Kier alpha value is 0.313. The number of rotatable bonds is 6. The Balaban J connectivity index is -0.000000242.